The molecule has 28 heavy (non-hydrogen) atoms. The SMILES string of the molecule is O=C(c1ccco1)N1CC[NH+](CCN2C(=O)CS[C@@H]2c2ccccc2F)CC1. The van der Waals surface area contributed by atoms with Gasteiger partial charge in [0.05, 0.1) is 51.3 Å². The maximum absolute atomic E-state index is 14.2. The van der Waals surface area contributed by atoms with Crippen molar-refractivity contribution >= 4 is 23.6 Å². The van der Waals surface area contributed by atoms with Crippen molar-refractivity contribution in [1.29, 1.82) is 0 Å². The first-order valence-corrected chi connectivity index (χ1v) is 10.5. The van der Waals surface area contributed by atoms with Crippen LogP contribution in [0.4, 0.5) is 4.39 Å². The highest BCUT2D eigenvalue weighted by Crippen LogP contribution is 2.39. The molecule has 0 aliphatic carbocycles. The van der Waals surface area contributed by atoms with E-state index in [4.69, 9.17) is 4.42 Å². The van der Waals surface area contributed by atoms with E-state index in [-0.39, 0.29) is 23.0 Å². The van der Waals surface area contributed by atoms with E-state index in [1.165, 1.54) is 29.0 Å². The van der Waals surface area contributed by atoms with Crippen LogP contribution in [-0.2, 0) is 4.79 Å². The van der Waals surface area contributed by atoms with Gasteiger partial charge >= 0.3 is 0 Å². The normalized spacial score (nSPS) is 20.8. The third kappa shape index (κ3) is 3.93. The summed E-state index contributed by atoms with van der Waals surface area (Å²) in [6.07, 6.45) is 1.51. The first kappa shape index (κ1) is 19.0. The van der Waals surface area contributed by atoms with Crippen molar-refractivity contribution in [3.8, 4) is 0 Å². The quantitative estimate of drug-likeness (QED) is 0.809. The van der Waals surface area contributed by atoms with E-state index in [1.54, 1.807) is 40.1 Å². The molecule has 2 aliphatic rings. The molecule has 8 heteroatoms. The molecule has 1 aromatic carbocycles. The Bertz CT molecular complexity index is 837. The Kier molecular flexibility index (Phi) is 5.68. The predicted octanol–water partition coefficient (Wildman–Crippen LogP) is 1.03. The second-order valence-electron chi connectivity index (χ2n) is 7.04. The van der Waals surface area contributed by atoms with E-state index in [0.717, 1.165) is 19.6 Å². The van der Waals surface area contributed by atoms with Gasteiger partial charge in [0.15, 0.2) is 5.76 Å². The van der Waals surface area contributed by atoms with Gasteiger partial charge in [0, 0.05) is 5.56 Å². The number of carbonyl (C=O) groups is 2. The number of nitrogens with one attached hydrogen (secondary N) is 1. The van der Waals surface area contributed by atoms with Crippen molar-refractivity contribution < 1.29 is 23.3 Å². The number of furan rings is 1. The molecule has 0 radical (unpaired) electrons. The molecule has 2 aromatic rings. The number of nitrogens with zero attached hydrogens (tertiary/aromatic N) is 2. The van der Waals surface area contributed by atoms with Gasteiger partial charge in [-0.3, -0.25) is 9.59 Å². The number of benzene rings is 1. The minimum Gasteiger partial charge on any atom is -0.459 e. The summed E-state index contributed by atoms with van der Waals surface area (Å²) in [5.41, 5.74) is 0.571. The summed E-state index contributed by atoms with van der Waals surface area (Å²) in [4.78, 5) is 29.6. The fourth-order valence-electron chi connectivity index (χ4n) is 3.74. The average molecular weight is 404 g/mol. The molecule has 1 atom stereocenters. The van der Waals surface area contributed by atoms with Crippen molar-refractivity contribution in [2.24, 2.45) is 0 Å². The monoisotopic (exact) mass is 404 g/mol. The Balaban J connectivity index is 1.31. The molecule has 4 rings (SSSR count). The summed E-state index contributed by atoms with van der Waals surface area (Å²) < 4.78 is 19.4. The molecule has 2 fully saturated rings. The summed E-state index contributed by atoms with van der Waals surface area (Å²) in [5.74, 6) is 0.479. The number of halogens is 1. The van der Waals surface area contributed by atoms with Gasteiger partial charge in [0.1, 0.15) is 11.2 Å². The van der Waals surface area contributed by atoms with Crippen LogP contribution in [0.25, 0.3) is 0 Å². The van der Waals surface area contributed by atoms with Crippen LogP contribution in [0.5, 0.6) is 0 Å². The van der Waals surface area contributed by atoms with Gasteiger partial charge in [0.25, 0.3) is 5.91 Å². The zero-order chi connectivity index (χ0) is 19.5. The number of piperazine rings is 1. The van der Waals surface area contributed by atoms with Gasteiger partial charge in [-0.2, -0.15) is 0 Å². The van der Waals surface area contributed by atoms with Crippen LogP contribution in [0.1, 0.15) is 21.5 Å². The topological polar surface area (TPSA) is 58.2 Å². The highest BCUT2D eigenvalue weighted by atomic mass is 32.2. The van der Waals surface area contributed by atoms with Crippen LogP contribution in [0.3, 0.4) is 0 Å². The Morgan fingerprint density at radius 3 is 2.71 bits per heavy atom. The maximum Gasteiger partial charge on any atom is 0.289 e. The van der Waals surface area contributed by atoms with E-state index in [2.05, 4.69) is 0 Å². The van der Waals surface area contributed by atoms with E-state index < -0.39 is 0 Å². The summed E-state index contributed by atoms with van der Waals surface area (Å²) in [5, 5.41) is -0.255. The molecule has 3 heterocycles. The molecule has 0 saturated carbocycles. The van der Waals surface area contributed by atoms with Crippen LogP contribution in [-0.4, -0.2) is 66.6 Å². The fraction of sp³-hybridized carbons (Fsp3) is 0.400. The van der Waals surface area contributed by atoms with Gasteiger partial charge in [-0.05, 0) is 18.2 Å². The Labute approximate surface area is 167 Å². The van der Waals surface area contributed by atoms with Crippen molar-refractivity contribution in [3.63, 3.8) is 0 Å². The number of amides is 2. The van der Waals surface area contributed by atoms with E-state index in [0.29, 0.717) is 36.7 Å². The van der Waals surface area contributed by atoms with Crippen molar-refractivity contribution in [3.05, 3.63) is 59.8 Å². The van der Waals surface area contributed by atoms with Gasteiger partial charge in [-0.15, -0.1) is 11.8 Å². The van der Waals surface area contributed by atoms with Gasteiger partial charge in [-0.1, -0.05) is 18.2 Å². The smallest absolute Gasteiger partial charge is 0.289 e. The standard InChI is InChI=1S/C20H22FN3O3S/c21-16-5-2-1-4-15(16)20-24(18(25)14-28-20)12-9-22-7-10-23(11-8-22)19(26)17-6-3-13-27-17/h1-6,13,20H,7-12,14H2/p+1/t20-/m1/s1. The van der Waals surface area contributed by atoms with E-state index in [1.807, 2.05) is 0 Å². The van der Waals surface area contributed by atoms with Gasteiger partial charge in [0.2, 0.25) is 5.91 Å². The summed E-state index contributed by atoms with van der Waals surface area (Å²) in [6.45, 7) is 4.35. The minimum atomic E-state index is -0.267. The first-order chi connectivity index (χ1) is 13.6. The highest BCUT2D eigenvalue weighted by molar-refractivity contribution is 8.00. The summed E-state index contributed by atoms with van der Waals surface area (Å²) in [6, 6.07) is 10.1. The molecule has 2 amide bonds. The van der Waals surface area contributed by atoms with E-state index in [9.17, 15) is 14.0 Å². The molecule has 2 aliphatic heterocycles. The highest BCUT2D eigenvalue weighted by Gasteiger charge is 2.35. The van der Waals surface area contributed by atoms with Crippen LogP contribution in [0.2, 0.25) is 0 Å². The number of rotatable bonds is 5. The largest absolute Gasteiger partial charge is 0.459 e. The van der Waals surface area contributed by atoms with Gasteiger partial charge < -0.3 is 19.1 Å². The lowest BCUT2D eigenvalue weighted by atomic mass is 10.2. The van der Waals surface area contributed by atoms with Crippen LogP contribution in [0.15, 0.2) is 47.1 Å². The minimum absolute atomic E-state index is 0.0595. The van der Waals surface area contributed by atoms with Crippen LogP contribution in [0, 0.1) is 5.82 Å². The average Bonchev–Trinajstić information content (AvgIpc) is 3.37. The molecule has 148 valence electrons. The number of carbonyl (C=O) groups excluding carboxylic acids is 2. The van der Waals surface area contributed by atoms with Crippen molar-refractivity contribution in [2.75, 3.05) is 45.0 Å². The number of quaternary nitrogens is 1. The second-order valence-corrected chi connectivity index (χ2v) is 8.11. The lowest BCUT2D eigenvalue weighted by Crippen LogP contribution is -3.15. The fourth-order valence-corrected chi connectivity index (χ4v) is 4.98. The zero-order valence-electron chi connectivity index (χ0n) is 15.5. The molecule has 2 saturated heterocycles. The lowest BCUT2D eigenvalue weighted by Gasteiger charge is -2.33. The summed E-state index contributed by atoms with van der Waals surface area (Å²) in [7, 11) is 0. The third-order valence-corrected chi connectivity index (χ3v) is 6.57. The van der Waals surface area contributed by atoms with Gasteiger partial charge in [-0.25, -0.2) is 4.39 Å². The molecule has 6 nitrogen and oxygen atoms in total. The van der Waals surface area contributed by atoms with Crippen LogP contribution >= 0.6 is 11.8 Å². The number of hydrogen-bond acceptors (Lipinski definition) is 4. The maximum atomic E-state index is 14.2. The van der Waals surface area contributed by atoms with Crippen molar-refractivity contribution in [1.82, 2.24) is 9.80 Å². The molecule has 1 N–H and O–H groups in total. The van der Waals surface area contributed by atoms with E-state index >= 15 is 0 Å². The summed E-state index contributed by atoms with van der Waals surface area (Å²) >= 11 is 1.48. The molecule has 0 unspecified atom stereocenters. The number of hydrogen-bond donors (Lipinski definition) is 1. The molecule has 1 aromatic heterocycles. The molecular weight excluding hydrogens is 381 g/mol. The lowest BCUT2D eigenvalue weighted by molar-refractivity contribution is -0.903. The number of thioether (sulfide) groups is 1. The second kappa shape index (κ2) is 8.36. The third-order valence-electron chi connectivity index (χ3n) is 5.34. The molecule has 0 spiro atoms. The Morgan fingerprint density at radius 2 is 2.00 bits per heavy atom. The zero-order valence-corrected chi connectivity index (χ0v) is 16.3. The molecule has 0 bridgehead atoms. The Hall–Kier alpha value is -2.32. The van der Waals surface area contributed by atoms with Crippen molar-refractivity contribution in [2.45, 2.75) is 5.37 Å². The first-order valence-electron chi connectivity index (χ1n) is 9.45. The van der Waals surface area contributed by atoms with Crippen LogP contribution < -0.4 is 4.90 Å². The Morgan fingerprint density at radius 1 is 1.21 bits per heavy atom. The predicted molar refractivity (Wildman–Crippen MR) is 103 cm³/mol. The molecular formula is C20H23FN3O3S+.